The zero-order valence-electron chi connectivity index (χ0n) is 9.50. The van der Waals surface area contributed by atoms with Gasteiger partial charge in [0.05, 0.1) is 11.0 Å². The molecule has 1 aliphatic rings. The molecular formula is C13H14ClFN2. The number of alkyl halides is 1. The molecule has 1 aliphatic carbocycles. The number of fused-ring (bicyclic) bond motifs is 1. The lowest BCUT2D eigenvalue weighted by Crippen LogP contribution is -2.06. The Bertz CT molecular complexity index is 546. The Hall–Kier alpha value is -1.09. The van der Waals surface area contributed by atoms with Crippen molar-refractivity contribution in [1.29, 1.82) is 0 Å². The van der Waals surface area contributed by atoms with Gasteiger partial charge in [-0.3, -0.25) is 0 Å². The van der Waals surface area contributed by atoms with Gasteiger partial charge in [-0.15, -0.1) is 11.6 Å². The smallest absolute Gasteiger partial charge is 0.125 e. The second kappa shape index (κ2) is 4.30. The molecule has 1 saturated carbocycles. The molecule has 0 N–H and O–H groups in total. The maximum Gasteiger partial charge on any atom is 0.125 e. The van der Waals surface area contributed by atoms with Crippen LogP contribution < -0.4 is 0 Å². The first-order valence-electron chi connectivity index (χ1n) is 5.98. The molecule has 0 saturated heterocycles. The van der Waals surface area contributed by atoms with E-state index in [1.165, 1.54) is 25.0 Å². The van der Waals surface area contributed by atoms with Gasteiger partial charge in [0.15, 0.2) is 0 Å². The lowest BCUT2D eigenvalue weighted by molar-refractivity contribution is 0.613. The van der Waals surface area contributed by atoms with E-state index >= 15 is 0 Å². The van der Waals surface area contributed by atoms with E-state index in [9.17, 15) is 4.39 Å². The third-order valence-corrected chi connectivity index (χ3v) is 3.43. The highest BCUT2D eigenvalue weighted by Crippen LogP contribution is 2.32. The molecular weight excluding hydrogens is 239 g/mol. The van der Waals surface area contributed by atoms with E-state index in [-0.39, 0.29) is 5.82 Å². The van der Waals surface area contributed by atoms with Gasteiger partial charge in [0.25, 0.3) is 0 Å². The van der Waals surface area contributed by atoms with E-state index in [0.29, 0.717) is 5.88 Å². The highest BCUT2D eigenvalue weighted by atomic mass is 35.5. The first kappa shape index (κ1) is 11.0. The van der Waals surface area contributed by atoms with Crippen LogP contribution in [0, 0.1) is 11.7 Å². The molecule has 90 valence electrons. The lowest BCUT2D eigenvalue weighted by atomic mass is 10.3. The topological polar surface area (TPSA) is 17.8 Å². The third-order valence-electron chi connectivity index (χ3n) is 3.25. The number of nitrogens with zero attached hydrogens (tertiary/aromatic N) is 2. The Morgan fingerprint density at radius 3 is 2.94 bits per heavy atom. The van der Waals surface area contributed by atoms with Gasteiger partial charge in [-0.25, -0.2) is 9.37 Å². The van der Waals surface area contributed by atoms with Crippen LogP contribution in [0.2, 0.25) is 0 Å². The van der Waals surface area contributed by atoms with Gasteiger partial charge in [-0.2, -0.15) is 0 Å². The maximum atomic E-state index is 13.2. The van der Waals surface area contributed by atoms with Gasteiger partial charge in [0.1, 0.15) is 11.6 Å². The molecule has 1 fully saturated rings. The van der Waals surface area contributed by atoms with Crippen LogP contribution in [-0.4, -0.2) is 15.4 Å². The molecule has 0 radical (unpaired) electrons. The first-order valence-corrected chi connectivity index (χ1v) is 6.52. The minimum Gasteiger partial charge on any atom is -0.328 e. The summed E-state index contributed by atoms with van der Waals surface area (Å²) >= 11 is 5.79. The standard InChI is InChI=1S/C13H14ClFN2/c14-6-5-13-16-11-7-10(15)3-4-12(11)17(13)8-9-1-2-9/h3-4,7,9H,1-2,5-6,8H2. The molecule has 0 spiro atoms. The average molecular weight is 253 g/mol. The van der Waals surface area contributed by atoms with E-state index in [2.05, 4.69) is 9.55 Å². The average Bonchev–Trinajstić information content (AvgIpc) is 3.04. The predicted octanol–water partition coefficient (Wildman–Crippen LogP) is 3.37. The van der Waals surface area contributed by atoms with Gasteiger partial charge in [0.2, 0.25) is 0 Å². The molecule has 0 unspecified atom stereocenters. The SMILES string of the molecule is Fc1ccc2c(c1)nc(CCCl)n2CC1CC1. The van der Waals surface area contributed by atoms with Crippen molar-refractivity contribution >= 4 is 22.6 Å². The molecule has 4 heteroatoms. The monoisotopic (exact) mass is 252 g/mol. The summed E-state index contributed by atoms with van der Waals surface area (Å²) in [5, 5.41) is 0. The van der Waals surface area contributed by atoms with Crippen LogP contribution in [0.25, 0.3) is 11.0 Å². The van der Waals surface area contributed by atoms with Crippen molar-refractivity contribution in [3.05, 3.63) is 29.8 Å². The van der Waals surface area contributed by atoms with E-state index in [0.717, 1.165) is 35.7 Å². The highest BCUT2D eigenvalue weighted by molar-refractivity contribution is 6.17. The van der Waals surface area contributed by atoms with Crippen molar-refractivity contribution in [2.75, 3.05) is 5.88 Å². The fourth-order valence-electron chi connectivity index (χ4n) is 2.19. The van der Waals surface area contributed by atoms with E-state index in [1.807, 2.05) is 6.07 Å². The second-order valence-electron chi connectivity index (χ2n) is 4.65. The highest BCUT2D eigenvalue weighted by Gasteiger charge is 2.24. The van der Waals surface area contributed by atoms with Crippen molar-refractivity contribution < 1.29 is 4.39 Å². The van der Waals surface area contributed by atoms with Crippen molar-refractivity contribution in [2.24, 2.45) is 5.92 Å². The zero-order valence-corrected chi connectivity index (χ0v) is 10.3. The van der Waals surface area contributed by atoms with E-state index in [1.54, 1.807) is 0 Å². The summed E-state index contributed by atoms with van der Waals surface area (Å²) in [5.74, 6) is 2.07. The maximum absolute atomic E-state index is 13.2. The lowest BCUT2D eigenvalue weighted by Gasteiger charge is -2.07. The van der Waals surface area contributed by atoms with Crippen LogP contribution in [-0.2, 0) is 13.0 Å². The summed E-state index contributed by atoms with van der Waals surface area (Å²) in [6, 6.07) is 4.81. The van der Waals surface area contributed by atoms with Crippen LogP contribution >= 0.6 is 11.6 Å². The van der Waals surface area contributed by atoms with Crippen molar-refractivity contribution in [3.8, 4) is 0 Å². The number of benzene rings is 1. The largest absolute Gasteiger partial charge is 0.328 e. The summed E-state index contributed by atoms with van der Waals surface area (Å²) in [6.45, 7) is 0.994. The number of aryl methyl sites for hydroxylation is 1. The molecule has 2 aromatic rings. The summed E-state index contributed by atoms with van der Waals surface area (Å²) < 4.78 is 15.4. The van der Waals surface area contributed by atoms with Crippen LogP contribution in [0.1, 0.15) is 18.7 Å². The quantitative estimate of drug-likeness (QED) is 0.763. The van der Waals surface area contributed by atoms with Crippen LogP contribution in [0.5, 0.6) is 0 Å². The van der Waals surface area contributed by atoms with Crippen molar-refractivity contribution in [3.63, 3.8) is 0 Å². The Labute approximate surface area is 104 Å². The molecule has 1 aromatic carbocycles. The minimum absolute atomic E-state index is 0.231. The number of rotatable bonds is 4. The van der Waals surface area contributed by atoms with Crippen molar-refractivity contribution in [1.82, 2.24) is 9.55 Å². The molecule has 2 nitrogen and oxygen atoms in total. The second-order valence-corrected chi connectivity index (χ2v) is 5.03. The van der Waals surface area contributed by atoms with E-state index < -0.39 is 0 Å². The summed E-state index contributed by atoms with van der Waals surface area (Å²) in [6.07, 6.45) is 3.33. The Balaban J connectivity index is 2.08. The molecule has 0 aliphatic heterocycles. The van der Waals surface area contributed by atoms with Gasteiger partial charge in [-0.05, 0) is 30.9 Å². The van der Waals surface area contributed by atoms with Gasteiger partial charge >= 0.3 is 0 Å². The minimum atomic E-state index is -0.231. The number of hydrogen-bond donors (Lipinski definition) is 0. The number of imidazole rings is 1. The molecule has 17 heavy (non-hydrogen) atoms. The molecule has 0 atom stereocenters. The molecule has 0 bridgehead atoms. The first-order chi connectivity index (χ1) is 8.28. The van der Waals surface area contributed by atoms with E-state index in [4.69, 9.17) is 11.6 Å². The Morgan fingerprint density at radius 1 is 1.41 bits per heavy atom. The van der Waals surface area contributed by atoms with Crippen LogP contribution in [0.3, 0.4) is 0 Å². The summed E-state index contributed by atoms with van der Waals surface area (Å²) in [5.41, 5.74) is 1.77. The van der Waals surface area contributed by atoms with Gasteiger partial charge < -0.3 is 4.57 Å². The van der Waals surface area contributed by atoms with Gasteiger partial charge in [-0.1, -0.05) is 0 Å². The van der Waals surface area contributed by atoms with Crippen LogP contribution in [0.4, 0.5) is 4.39 Å². The van der Waals surface area contributed by atoms with Crippen LogP contribution in [0.15, 0.2) is 18.2 Å². The van der Waals surface area contributed by atoms with Gasteiger partial charge in [0, 0.05) is 24.9 Å². The third kappa shape index (κ3) is 2.16. The zero-order chi connectivity index (χ0) is 11.8. The molecule has 1 aromatic heterocycles. The molecule has 3 rings (SSSR count). The summed E-state index contributed by atoms with van der Waals surface area (Å²) in [4.78, 5) is 4.48. The number of halogens is 2. The number of aromatic nitrogens is 2. The molecule has 1 heterocycles. The molecule has 0 amide bonds. The fraction of sp³-hybridized carbons (Fsp3) is 0.462. The summed E-state index contributed by atoms with van der Waals surface area (Å²) in [7, 11) is 0. The normalized spacial score (nSPS) is 15.6. The number of hydrogen-bond acceptors (Lipinski definition) is 1. The Kier molecular flexibility index (Phi) is 2.79. The predicted molar refractivity (Wildman–Crippen MR) is 66.8 cm³/mol. The van der Waals surface area contributed by atoms with Crippen molar-refractivity contribution in [2.45, 2.75) is 25.8 Å². The fourth-order valence-corrected chi connectivity index (χ4v) is 2.36. The Morgan fingerprint density at radius 2 is 2.24 bits per heavy atom.